The van der Waals surface area contributed by atoms with Crippen LogP contribution in [0.15, 0.2) is 46.9 Å². The van der Waals surface area contributed by atoms with Gasteiger partial charge in [0, 0.05) is 31.6 Å². The highest BCUT2D eigenvalue weighted by molar-refractivity contribution is 7.80. The number of thiocarbonyl (C=S) groups is 1. The van der Waals surface area contributed by atoms with Crippen molar-refractivity contribution in [1.82, 2.24) is 16.2 Å². The van der Waals surface area contributed by atoms with E-state index in [9.17, 15) is 4.79 Å². The van der Waals surface area contributed by atoms with Crippen molar-refractivity contribution >= 4 is 23.2 Å². The summed E-state index contributed by atoms with van der Waals surface area (Å²) in [5.41, 5.74) is 6.25. The van der Waals surface area contributed by atoms with Crippen LogP contribution in [0.5, 0.6) is 0 Å². The number of ether oxygens (including phenoxy) is 1. The molecule has 0 bridgehead atoms. The predicted molar refractivity (Wildman–Crippen MR) is 101 cm³/mol. The van der Waals surface area contributed by atoms with Crippen LogP contribution in [0.2, 0.25) is 0 Å². The lowest BCUT2D eigenvalue weighted by atomic mass is 10.2. The van der Waals surface area contributed by atoms with Crippen LogP contribution in [-0.2, 0) is 16.0 Å². The summed E-state index contributed by atoms with van der Waals surface area (Å²) in [7, 11) is 1.62. The number of hydrogen-bond donors (Lipinski definition) is 3. The Kier molecular flexibility index (Phi) is 7.43. The number of benzene rings is 1. The molecule has 1 amide bonds. The molecule has 0 radical (unpaired) electrons. The Hall–Kier alpha value is -2.38. The summed E-state index contributed by atoms with van der Waals surface area (Å²) < 4.78 is 10.8. The third-order valence-electron chi connectivity index (χ3n) is 3.43. The molecule has 7 heteroatoms. The highest BCUT2D eigenvalue weighted by Gasteiger charge is 2.08. The standard InChI is InChI=1S/C18H23N3O3S/c1-13(12-23-2)19-18(25)21-20-17(22)11-9-15-8-10-16(24-15)14-6-4-3-5-7-14/h3-8,10,13H,9,11-12H2,1-2H3,(H,20,22)(H2,19,21,25)/t13-/m1/s1. The van der Waals surface area contributed by atoms with Crippen LogP contribution in [0.25, 0.3) is 11.3 Å². The smallest absolute Gasteiger partial charge is 0.238 e. The zero-order valence-electron chi connectivity index (χ0n) is 14.4. The molecule has 0 spiro atoms. The van der Waals surface area contributed by atoms with Crippen molar-refractivity contribution in [2.24, 2.45) is 0 Å². The molecule has 1 atom stereocenters. The van der Waals surface area contributed by atoms with Crippen LogP contribution in [0, 0.1) is 0 Å². The summed E-state index contributed by atoms with van der Waals surface area (Å²) in [6.45, 7) is 2.46. The van der Waals surface area contributed by atoms with Crippen molar-refractivity contribution in [3.05, 3.63) is 48.2 Å². The normalized spacial score (nSPS) is 11.6. The zero-order chi connectivity index (χ0) is 18.1. The summed E-state index contributed by atoms with van der Waals surface area (Å²) in [5, 5.41) is 3.34. The van der Waals surface area contributed by atoms with Crippen LogP contribution >= 0.6 is 12.2 Å². The summed E-state index contributed by atoms with van der Waals surface area (Å²) in [6.07, 6.45) is 0.811. The Labute approximate surface area is 152 Å². The van der Waals surface area contributed by atoms with Gasteiger partial charge in [-0.1, -0.05) is 30.3 Å². The van der Waals surface area contributed by atoms with Gasteiger partial charge in [-0.05, 0) is 31.3 Å². The molecule has 0 saturated carbocycles. The number of carbonyl (C=O) groups is 1. The molecule has 6 nitrogen and oxygen atoms in total. The van der Waals surface area contributed by atoms with Gasteiger partial charge in [-0.2, -0.15) is 0 Å². The fourth-order valence-corrected chi connectivity index (χ4v) is 2.50. The Bertz CT molecular complexity index is 688. The van der Waals surface area contributed by atoms with Gasteiger partial charge >= 0.3 is 0 Å². The molecule has 134 valence electrons. The van der Waals surface area contributed by atoms with E-state index in [2.05, 4.69) is 16.2 Å². The van der Waals surface area contributed by atoms with Crippen molar-refractivity contribution in [1.29, 1.82) is 0 Å². The first-order valence-corrected chi connectivity index (χ1v) is 8.47. The first-order valence-electron chi connectivity index (χ1n) is 8.07. The molecule has 0 aliphatic rings. The second-order valence-electron chi connectivity index (χ2n) is 5.64. The van der Waals surface area contributed by atoms with Crippen molar-refractivity contribution < 1.29 is 13.9 Å². The maximum absolute atomic E-state index is 11.9. The molecule has 2 aromatic rings. The molecule has 0 aliphatic heterocycles. The fraction of sp³-hybridized carbons (Fsp3) is 0.333. The van der Waals surface area contributed by atoms with Crippen molar-refractivity contribution in [2.75, 3.05) is 13.7 Å². The molecule has 0 fully saturated rings. The van der Waals surface area contributed by atoms with Crippen LogP contribution in [0.1, 0.15) is 19.1 Å². The molecule has 1 heterocycles. The molecule has 0 aliphatic carbocycles. The number of hydrazine groups is 1. The Morgan fingerprint density at radius 3 is 2.68 bits per heavy atom. The molecule has 0 unspecified atom stereocenters. The van der Waals surface area contributed by atoms with E-state index in [0.29, 0.717) is 24.6 Å². The minimum atomic E-state index is -0.166. The maximum atomic E-state index is 11.9. The number of carbonyl (C=O) groups excluding carboxylic acids is 1. The quantitative estimate of drug-likeness (QED) is 0.519. The highest BCUT2D eigenvalue weighted by Crippen LogP contribution is 2.22. The van der Waals surface area contributed by atoms with Gasteiger partial charge in [0.1, 0.15) is 11.5 Å². The Balaban J connectivity index is 1.72. The van der Waals surface area contributed by atoms with Gasteiger partial charge in [0.15, 0.2) is 5.11 Å². The molecule has 1 aromatic carbocycles. The fourth-order valence-electron chi connectivity index (χ4n) is 2.25. The van der Waals surface area contributed by atoms with Crippen LogP contribution in [0.4, 0.5) is 0 Å². The molecule has 2 rings (SSSR count). The maximum Gasteiger partial charge on any atom is 0.238 e. The number of rotatable bonds is 7. The van der Waals surface area contributed by atoms with E-state index < -0.39 is 0 Å². The number of nitrogens with one attached hydrogen (secondary N) is 3. The average Bonchev–Trinajstić information content (AvgIpc) is 3.08. The highest BCUT2D eigenvalue weighted by atomic mass is 32.1. The van der Waals surface area contributed by atoms with E-state index >= 15 is 0 Å². The SMILES string of the molecule is COC[C@@H](C)NC(=S)NNC(=O)CCc1ccc(-c2ccccc2)o1. The van der Waals surface area contributed by atoms with Gasteiger partial charge in [0.2, 0.25) is 5.91 Å². The topological polar surface area (TPSA) is 75.5 Å². The molecule has 1 aromatic heterocycles. The second kappa shape index (κ2) is 9.80. The lowest BCUT2D eigenvalue weighted by molar-refractivity contribution is -0.121. The largest absolute Gasteiger partial charge is 0.461 e. The second-order valence-corrected chi connectivity index (χ2v) is 6.04. The average molecular weight is 361 g/mol. The van der Waals surface area contributed by atoms with Crippen LogP contribution in [0.3, 0.4) is 0 Å². The van der Waals surface area contributed by atoms with Gasteiger partial charge < -0.3 is 14.5 Å². The van der Waals surface area contributed by atoms with E-state index in [1.807, 2.05) is 49.4 Å². The third-order valence-corrected chi connectivity index (χ3v) is 3.65. The monoisotopic (exact) mass is 361 g/mol. The van der Waals surface area contributed by atoms with Gasteiger partial charge in [-0.3, -0.25) is 15.6 Å². The van der Waals surface area contributed by atoms with Gasteiger partial charge in [0.05, 0.1) is 6.61 Å². The predicted octanol–water partition coefficient (Wildman–Crippen LogP) is 2.41. The number of hydrogen-bond acceptors (Lipinski definition) is 4. The van der Waals surface area contributed by atoms with E-state index in [4.69, 9.17) is 21.4 Å². The van der Waals surface area contributed by atoms with Crippen LogP contribution < -0.4 is 16.2 Å². The van der Waals surface area contributed by atoms with Crippen molar-refractivity contribution in [2.45, 2.75) is 25.8 Å². The Morgan fingerprint density at radius 2 is 1.96 bits per heavy atom. The minimum absolute atomic E-state index is 0.0569. The molecule has 3 N–H and O–H groups in total. The first kappa shape index (κ1) is 19.0. The van der Waals surface area contributed by atoms with Crippen molar-refractivity contribution in [3.63, 3.8) is 0 Å². The summed E-state index contributed by atoms with van der Waals surface area (Å²) in [4.78, 5) is 11.9. The summed E-state index contributed by atoms with van der Waals surface area (Å²) in [6, 6.07) is 13.7. The number of amides is 1. The van der Waals surface area contributed by atoms with Gasteiger partial charge in [-0.15, -0.1) is 0 Å². The summed E-state index contributed by atoms with van der Waals surface area (Å²) >= 11 is 5.09. The number of methoxy groups -OCH3 is 1. The molecular weight excluding hydrogens is 338 g/mol. The van der Waals surface area contributed by atoms with E-state index in [0.717, 1.165) is 17.1 Å². The number of furan rings is 1. The first-order chi connectivity index (χ1) is 12.1. The van der Waals surface area contributed by atoms with Gasteiger partial charge in [0.25, 0.3) is 0 Å². The lowest BCUT2D eigenvalue weighted by Gasteiger charge is -2.16. The number of aryl methyl sites for hydroxylation is 1. The minimum Gasteiger partial charge on any atom is -0.461 e. The molecule has 0 saturated heterocycles. The lowest BCUT2D eigenvalue weighted by Crippen LogP contribution is -2.50. The third kappa shape index (κ3) is 6.56. The van der Waals surface area contributed by atoms with Crippen molar-refractivity contribution in [3.8, 4) is 11.3 Å². The van der Waals surface area contributed by atoms with E-state index in [-0.39, 0.29) is 11.9 Å². The zero-order valence-corrected chi connectivity index (χ0v) is 15.2. The van der Waals surface area contributed by atoms with E-state index in [1.54, 1.807) is 7.11 Å². The van der Waals surface area contributed by atoms with Gasteiger partial charge in [-0.25, -0.2) is 0 Å². The molecule has 25 heavy (non-hydrogen) atoms. The summed E-state index contributed by atoms with van der Waals surface area (Å²) in [5.74, 6) is 1.40. The van der Waals surface area contributed by atoms with Crippen LogP contribution in [-0.4, -0.2) is 30.8 Å². The Morgan fingerprint density at radius 1 is 1.20 bits per heavy atom. The van der Waals surface area contributed by atoms with E-state index in [1.165, 1.54) is 0 Å². The molecular formula is C18H23N3O3S.